The Morgan fingerprint density at radius 1 is 1.19 bits per heavy atom. The van der Waals surface area contributed by atoms with Gasteiger partial charge in [0.15, 0.2) is 0 Å². The third-order valence-electron chi connectivity index (χ3n) is 5.06. The molecular weight excluding hydrogens is 196 g/mol. The van der Waals surface area contributed by atoms with Crippen molar-refractivity contribution in [1.82, 2.24) is 10.2 Å². The number of piperazine rings is 1. The molecule has 2 nitrogen and oxygen atoms in total. The Kier molecular flexibility index (Phi) is 3.60. The molecule has 0 amide bonds. The van der Waals surface area contributed by atoms with E-state index in [1.165, 1.54) is 58.3 Å². The molecule has 1 atom stereocenters. The maximum absolute atomic E-state index is 3.67. The second-order valence-corrected chi connectivity index (χ2v) is 6.26. The van der Waals surface area contributed by atoms with E-state index in [2.05, 4.69) is 31.0 Å². The SMILES string of the molecule is CCC1(CN2CCNC(C)(CC)C2)CCC1. The molecule has 1 heterocycles. The lowest BCUT2D eigenvalue weighted by molar-refractivity contribution is 0.0331. The predicted molar refractivity (Wildman–Crippen MR) is 69.7 cm³/mol. The van der Waals surface area contributed by atoms with Crippen LogP contribution in [0.2, 0.25) is 0 Å². The van der Waals surface area contributed by atoms with E-state index >= 15 is 0 Å². The zero-order valence-corrected chi connectivity index (χ0v) is 11.3. The Bertz CT molecular complexity index is 229. The van der Waals surface area contributed by atoms with Gasteiger partial charge < -0.3 is 5.32 Å². The second-order valence-electron chi connectivity index (χ2n) is 6.26. The van der Waals surface area contributed by atoms with Gasteiger partial charge in [0.25, 0.3) is 0 Å². The molecule has 0 bridgehead atoms. The maximum atomic E-state index is 3.67. The Balaban J connectivity index is 1.90. The first-order chi connectivity index (χ1) is 7.61. The number of hydrogen-bond donors (Lipinski definition) is 1. The van der Waals surface area contributed by atoms with Crippen LogP contribution in [0.5, 0.6) is 0 Å². The largest absolute Gasteiger partial charge is 0.309 e. The summed E-state index contributed by atoms with van der Waals surface area (Å²) in [6.45, 7) is 12.1. The third-order valence-corrected chi connectivity index (χ3v) is 5.06. The van der Waals surface area contributed by atoms with Crippen molar-refractivity contribution in [3.8, 4) is 0 Å². The van der Waals surface area contributed by atoms with Gasteiger partial charge in [0.2, 0.25) is 0 Å². The Hall–Kier alpha value is -0.0800. The molecule has 2 rings (SSSR count). The summed E-state index contributed by atoms with van der Waals surface area (Å²) in [4.78, 5) is 2.71. The highest BCUT2D eigenvalue weighted by Gasteiger charge is 2.39. The van der Waals surface area contributed by atoms with Crippen molar-refractivity contribution in [2.75, 3.05) is 26.2 Å². The maximum Gasteiger partial charge on any atom is 0.0278 e. The molecule has 0 aromatic rings. The molecule has 2 aliphatic rings. The first-order valence-electron chi connectivity index (χ1n) is 7.09. The summed E-state index contributed by atoms with van der Waals surface area (Å²) in [6, 6.07) is 0. The monoisotopic (exact) mass is 224 g/mol. The van der Waals surface area contributed by atoms with Crippen molar-refractivity contribution < 1.29 is 0 Å². The molecule has 16 heavy (non-hydrogen) atoms. The molecule has 0 aromatic carbocycles. The summed E-state index contributed by atoms with van der Waals surface area (Å²) < 4.78 is 0. The fourth-order valence-corrected chi connectivity index (χ4v) is 3.29. The summed E-state index contributed by atoms with van der Waals surface area (Å²) in [5, 5.41) is 3.67. The Labute approximate surface area is 101 Å². The summed E-state index contributed by atoms with van der Waals surface area (Å²) in [5.74, 6) is 0. The molecule has 1 unspecified atom stereocenters. The number of hydrogen-bond acceptors (Lipinski definition) is 2. The lowest BCUT2D eigenvalue weighted by atomic mass is 9.66. The van der Waals surface area contributed by atoms with Crippen LogP contribution >= 0.6 is 0 Å². The summed E-state index contributed by atoms with van der Waals surface area (Å²) in [7, 11) is 0. The van der Waals surface area contributed by atoms with Crippen LogP contribution in [0.3, 0.4) is 0 Å². The molecular formula is C14H28N2. The minimum absolute atomic E-state index is 0.358. The molecule has 0 spiro atoms. The Morgan fingerprint density at radius 2 is 1.94 bits per heavy atom. The van der Waals surface area contributed by atoms with Gasteiger partial charge in [-0.3, -0.25) is 4.90 Å². The van der Waals surface area contributed by atoms with Crippen LogP contribution in [0, 0.1) is 5.41 Å². The van der Waals surface area contributed by atoms with Crippen LogP contribution in [0.4, 0.5) is 0 Å². The summed E-state index contributed by atoms with van der Waals surface area (Å²) in [6.07, 6.45) is 7.01. The second kappa shape index (κ2) is 4.66. The van der Waals surface area contributed by atoms with Crippen LogP contribution in [0.15, 0.2) is 0 Å². The van der Waals surface area contributed by atoms with Crippen molar-refractivity contribution in [2.45, 2.75) is 58.4 Å². The van der Waals surface area contributed by atoms with Gasteiger partial charge in [0, 0.05) is 31.7 Å². The fraction of sp³-hybridized carbons (Fsp3) is 1.00. The highest BCUT2D eigenvalue weighted by atomic mass is 15.2. The van der Waals surface area contributed by atoms with Crippen LogP contribution in [0.1, 0.15) is 52.9 Å². The van der Waals surface area contributed by atoms with Gasteiger partial charge in [0.1, 0.15) is 0 Å². The minimum Gasteiger partial charge on any atom is -0.309 e. The van der Waals surface area contributed by atoms with Crippen LogP contribution in [-0.2, 0) is 0 Å². The predicted octanol–water partition coefficient (Wildman–Crippen LogP) is 2.64. The number of nitrogens with zero attached hydrogens (tertiary/aromatic N) is 1. The molecule has 2 heteroatoms. The van der Waals surface area contributed by atoms with Gasteiger partial charge in [-0.15, -0.1) is 0 Å². The van der Waals surface area contributed by atoms with E-state index in [4.69, 9.17) is 0 Å². The van der Waals surface area contributed by atoms with E-state index in [1.54, 1.807) is 0 Å². The first kappa shape index (κ1) is 12.4. The average molecular weight is 224 g/mol. The van der Waals surface area contributed by atoms with Crippen molar-refractivity contribution in [3.63, 3.8) is 0 Å². The zero-order chi connectivity index (χ0) is 11.6. The van der Waals surface area contributed by atoms with Gasteiger partial charge in [-0.1, -0.05) is 20.3 Å². The van der Waals surface area contributed by atoms with E-state index in [0.717, 1.165) is 0 Å². The number of rotatable bonds is 4. The molecule has 1 aliphatic heterocycles. The third kappa shape index (κ3) is 2.43. The summed E-state index contributed by atoms with van der Waals surface area (Å²) in [5.41, 5.74) is 1.04. The van der Waals surface area contributed by atoms with Gasteiger partial charge >= 0.3 is 0 Å². The molecule has 0 radical (unpaired) electrons. The molecule has 1 saturated heterocycles. The number of nitrogens with one attached hydrogen (secondary N) is 1. The van der Waals surface area contributed by atoms with Crippen LogP contribution in [-0.4, -0.2) is 36.6 Å². The van der Waals surface area contributed by atoms with Crippen LogP contribution < -0.4 is 5.32 Å². The molecule has 0 aromatic heterocycles. The lowest BCUT2D eigenvalue weighted by Crippen LogP contribution is -2.60. The highest BCUT2D eigenvalue weighted by molar-refractivity contribution is 4.95. The zero-order valence-electron chi connectivity index (χ0n) is 11.3. The normalized spacial score (nSPS) is 34.7. The molecule has 1 aliphatic carbocycles. The minimum atomic E-state index is 0.358. The molecule has 1 saturated carbocycles. The van der Waals surface area contributed by atoms with Crippen molar-refractivity contribution in [2.24, 2.45) is 5.41 Å². The van der Waals surface area contributed by atoms with E-state index in [-0.39, 0.29) is 0 Å². The van der Waals surface area contributed by atoms with E-state index in [9.17, 15) is 0 Å². The van der Waals surface area contributed by atoms with Crippen molar-refractivity contribution >= 4 is 0 Å². The lowest BCUT2D eigenvalue weighted by Gasteiger charge is -2.49. The van der Waals surface area contributed by atoms with Gasteiger partial charge in [-0.2, -0.15) is 0 Å². The topological polar surface area (TPSA) is 15.3 Å². The van der Waals surface area contributed by atoms with Crippen molar-refractivity contribution in [3.05, 3.63) is 0 Å². The first-order valence-corrected chi connectivity index (χ1v) is 7.09. The van der Waals surface area contributed by atoms with E-state index in [0.29, 0.717) is 11.0 Å². The van der Waals surface area contributed by atoms with E-state index in [1.807, 2.05) is 0 Å². The van der Waals surface area contributed by atoms with E-state index < -0.39 is 0 Å². The van der Waals surface area contributed by atoms with Gasteiger partial charge in [-0.25, -0.2) is 0 Å². The summed E-state index contributed by atoms with van der Waals surface area (Å²) >= 11 is 0. The van der Waals surface area contributed by atoms with Gasteiger partial charge in [-0.05, 0) is 38.0 Å². The van der Waals surface area contributed by atoms with Gasteiger partial charge in [0.05, 0.1) is 0 Å². The smallest absolute Gasteiger partial charge is 0.0278 e. The molecule has 94 valence electrons. The standard InChI is InChI=1S/C14H28N2/c1-4-13(3)11-16(10-9-15-13)12-14(5-2)7-6-8-14/h15H,4-12H2,1-3H3. The fourth-order valence-electron chi connectivity index (χ4n) is 3.29. The Morgan fingerprint density at radius 3 is 2.44 bits per heavy atom. The highest BCUT2D eigenvalue weighted by Crippen LogP contribution is 2.44. The molecule has 2 fully saturated rings. The quantitative estimate of drug-likeness (QED) is 0.790. The average Bonchev–Trinajstić information content (AvgIpc) is 2.24. The molecule has 1 N–H and O–H groups in total. The van der Waals surface area contributed by atoms with Crippen molar-refractivity contribution in [1.29, 1.82) is 0 Å². The van der Waals surface area contributed by atoms with Crippen LogP contribution in [0.25, 0.3) is 0 Å².